The predicted octanol–water partition coefficient (Wildman–Crippen LogP) is 4.44. The second-order valence-corrected chi connectivity index (χ2v) is 9.65. The van der Waals surface area contributed by atoms with E-state index in [9.17, 15) is 17.6 Å². The van der Waals surface area contributed by atoms with Crippen molar-refractivity contribution in [1.82, 2.24) is 9.72 Å². The lowest BCUT2D eigenvalue weighted by Gasteiger charge is -2.18. The number of nitrogens with one attached hydrogen (secondary N) is 1. The Hall–Kier alpha value is -3.46. The topological polar surface area (TPSA) is 94.2 Å². The van der Waals surface area contributed by atoms with Crippen molar-refractivity contribution < 1.29 is 17.3 Å². The minimum atomic E-state index is -3.86. The molecule has 0 spiro atoms. The Morgan fingerprint density at radius 3 is 2.72 bits per heavy atom. The van der Waals surface area contributed by atoms with Gasteiger partial charge in [-0.15, -0.1) is 0 Å². The average molecular weight is 453 g/mol. The van der Waals surface area contributed by atoms with Crippen LogP contribution in [0.25, 0.3) is 10.9 Å². The van der Waals surface area contributed by atoms with Crippen LogP contribution in [0.15, 0.2) is 81.1 Å². The number of rotatable bonds is 5. The van der Waals surface area contributed by atoms with Gasteiger partial charge in [-0.1, -0.05) is 17.3 Å². The van der Waals surface area contributed by atoms with Crippen LogP contribution in [-0.2, 0) is 10.0 Å². The van der Waals surface area contributed by atoms with Crippen LogP contribution in [0.4, 0.5) is 10.2 Å². The number of halogens is 1. The summed E-state index contributed by atoms with van der Waals surface area (Å²) in [6.07, 6.45) is 3.63. The molecular weight excluding hydrogens is 433 g/mol. The van der Waals surface area contributed by atoms with Crippen LogP contribution >= 0.6 is 0 Å². The third-order valence-corrected chi connectivity index (χ3v) is 7.33. The lowest BCUT2D eigenvalue weighted by Crippen LogP contribution is -2.23. The molecule has 1 aliphatic carbocycles. The number of pyridine rings is 1. The van der Waals surface area contributed by atoms with Crippen LogP contribution in [0, 0.1) is 5.82 Å². The number of hydrogen-bond donors (Lipinski definition) is 1. The molecule has 1 fully saturated rings. The SMILES string of the molecule is O=c1ccc2cc(S(=O)(=O)Nc3ccon3)ccc2n1[C@H]1CC[C@@H](c2cccc(F)c2)C1. The van der Waals surface area contributed by atoms with E-state index in [-0.39, 0.29) is 34.0 Å². The van der Waals surface area contributed by atoms with E-state index in [2.05, 4.69) is 14.4 Å². The maximum Gasteiger partial charge on any atom is 0.263 e. The Morgan fingerprint density at radius 1 is 1.06 bits per heavy atom. The van der Waals surface area contributed by atoms with E-state index in [1.165, 1.54) is 36.6 Å². The van der Waals surface area contributed by atoms with Gasteiger partial charge in [0.1, 0.15) is 12.1 Å². The summed E-state index contributed by atoms with van der Waals surface area (Å²) in [5, 5.41) is 4.21. The van der Waals surface area contributed by atoms with Gasteiger partial charge in [0.05, 0.1) is 10.4 Å². The van der Waals surface area contributed by atoms with Gasteiger partial charge in [-0.25, -0.2) is 12.8 Å². The van der Waals surface area contributed by atoms with Crippen LogP contribution in [0.1, 0.15) is 36.8 Å². The van der Waals surface area contributed by atoms with E-state index in [1.807, 2.05) is 6.07 Å². The smallest absolute Gasteiger partial charge is 0.263 e. The van der Waals surface area contributed by atoms with E-state index in [4.69, 9.17) is 0 Å². The largest absolute Gasteiger partial charge is 0.363 e. The molecular formula is C23H20FN3O4S. The second kappa shape index (κ2) is 7.90. The van der Waals surface area contributed by atoms with E-state index >= 15 is 0 Å². The minimum absolute atomic E-state index is 0.0461. The molecule has 2 heterocycles. The highest BCUT2D eigenvalue weighted by Gasteiger charge is 2.29. The summed E-state index contributed by atoms with van der Waals surface area (Å²) >= 11 is 0. The quantitative estimate of drug-likeness (QED) is 0.482. The van der Waals surface area contributed by atoms with Gasteiger partial charge in [0.15, 0.2) is 5.82 Å². The first-order valence-corrected chi connectivity index (χ1v) is 11.7. The average Bonchev–Trinajstić information content (AvgIpc) is 3.45. The molecule has 1 N–H and O–H groups in total. The fraction of sp³-hybridized carbons (Fsp3) is 0.217. The molecule has 9 heteroatoms. The summed E-state index contributed by atoms with van der Waals surface area (Å²) in [6.45, 7) is 0. The summed E-state index contributed by atoms with van der Waals surface area (Å²) in [5.41, 5.74) is 1.47. The molecule has 0 unspecified atom stereocenters. The van der Waals surface area contributed by atoms with Crippen molar-refractivity contribution in [2.24, 2.45) is 0 Å². The molecule has 0 amide bonds. The predicted molar refractivity (Wildman–Crippen MR) is 118 cm³/mol. The molecule has 0 aliphatic heterocycles. The molecule has 0 bridgehead atoms. The minimum Gasteiger partial charge on any atom is -0.363 e. The van der Waals surface area contributed by atoms with E-state index in [1.54, 1.807) is 28.8 Å². The van der Waals surface area contributed by atoms with Crippen molar-refractivity contribution in [3.63, 3.8) is 0 Å². The lowest BCUT2D eigenvalue weighted by atomic mass is 9.97. The Bertz CT molecular complexity index is 1450. The Labute approximate surface area is 183 Å². The van der Waals surface area contributed by atoms with Gasteiger partial charge in [0, 0.05) is 18.2 Å². The van der Waals surface area contributed by atoms with Gasteiger partial charge in [0.25, 0.3) is 15.6 Å². The van der Waals surface area contributed by atoms with Gasteiger partial charge in [-0.3, -0.25) is 9.52 Å². The van der Waals surface area contributed by atoms with Gasteiger partial charge in [0.2, 0.25) is 0 Å². The maximum absolute atomic E-state index is 13.6. The molecule has 0 radical (unpaired) electrons. The molecule has 5 rings (SSSR count). The molecule has 164 valence electrons. The fourth-order valence-electron chi connectivity index (χ4n) is 4.51. The van der Waals surface area contributed by atoms with Crippen LogP contribution < -0.4 is 10.3 Å². The van der Waals surface area contributed by atoms with Crippen LogP contribution in [-0.4, -0.2) is 18.1 Å². The number of benzene rings is 2. The van der Waals surface area contributed by atoms with Crippen LogP contribution in [0.5, 0.6) is 0 Å². The van der Waals surface area contributed by atoms with Crippen molar-refractivity contribution in [2.75, 3.05) is 4.72 Å². The molecule has 2 aromatic heterocycles. The summed E-state index contributed by atoms with van der Waals surface area (Å²) in [4.78, 5) is 12.8. The number of aromatic nitrogens is 2. The monoisotopic (exact) mass is 453 g/mol. The molecule has 2 aromatic carbocycles. The van der Waals surface area contributed by atoms with E-state index in [0.29, 0.717) is 10.9 Å². The van der Waals surface area contributed by atoms with E-state index < -0.39 is 10.0 Å². The van der Waals surface area contributed by atoms with Gasteiger partial charge >= 0.3 is 0 Å². The molecule has 7 nitrogen and oxygen atoms in total. The number of sulfonamides is 1. The second-order valence-electron chi connectivity index (χ2n) is 7.97. The first-order valence-electron chi connectivity index (χ1n) is 10.2. The number of nitrogens with zero attached hydrogens (tertiary/aromatic N) is 2. The summed E-state index contributed by atoms with van der Waals surface area (Å²) in [5.74, 6) is -0.00479. The molecule has 32 heavy (non-hydrogen) atoms. The van der Waals surface area contributed by atoms with Crippen molar-refractivity contribution in [1.29, 1.82) is 0 Å². The molecule has 1 aliphatic rings. The summed E-state index contributed by atoms with van der Waals surface area (Å²) in [6, 6.07) is 15.7. The summed E-state index contributed by atoms with van der Waals surface area (Å²) in [7, 11) is -3.86. The Balaban J connectivity index is 1.48. The van der Waals surface area contributed by atoms with Gasteiger partial charge in [-0.2, -0.15) is 0 Å². The zero-order valence-corrected chi connectivity index (χ0v) is 17.8. The number of anilines is 1. The van der Waals surface area contributed by atoms with Crippen molar-refractivity contribution in [3.8, 4) is 0 Å². The van der Waals surface area contributed by atoms with Crippen molar-refractivity contribution >= 4 is 26.7 Å². The fourth-order valence-corrected chi connectivity index (χ4v) is 5.53. The first-order chi connectivity index (χ1) is 15.4. The third kappa shape index (κ3) is 3.80. The van der Waals surface area contributed by atoms with Gasteiger partial charge < -0.3 is 9.09 Å². The highest BCUT2D eigenvalue weighted by molar-refractivity contribution is 7.92. The highest BCUT2D eigenvalue weighted by atomic mass is 32.2. The zero-order chi connectivity index (χ0) is 22.3. The van der Waals surface area contributed by atoms with Crippen molar-refractivity contribution in [2.45, 2.75) is 36.1 Å². The normalized spacial score (nSPS) is 18.8. The van der Waals surface area contributed by atoms with Crippen LogP contribution in [0.2, 0.25) is 0 Å². The Morgan fingerprint density at radius 2 is 1.94 bits per heavy atom. The molecule has 4 aromatic rings. The standard InChI is InChI=1S/C23H20FN3O4S/c24-18-3-1-2-15(12-18)16-4-6-19(13-16)27-21-8-7-20(14-17(21)5-9-23(27)28)32(29,30)26-22-10-11-31-25-22/h1-3,5,7-12,14,16,19H,4,6,13H2,(H,25,26)/t16-,19+/m1/s1. The van der Waals surface area contributed by atoms with Gasteiger partial charge in [-0.05, 0) is 72.5 Å². The first kappa shape index (κ1) is 20.4. The zero-order valence-electron chi connectivity index (χ0n) is 16.9. The highest BCUT2D eigenvalue weighted by Crippen LogP contribution is 2.41. The van der Waals surface area contributed by atoms with Crippen LogP contribution in [0.3, 0.4) is 0 Å². The number of fused-ring (bicyclic) bond motifs is 1. The third-order valence-electron chi connectivity index (χ3n) is 5.98. The lowest BCUT2D eigenvalue weighted by molar-refractivity contribution is 0.423. The molecule has 2 atom stereocenters. The van der Waals surface area contributed by atoms with Crippen molar-refractivity contribution in [3.05, 3.63) is 88.7 Å². The maximum atomic E-state index is 13.6. The van der Waals surface area contributed by atoms with E-state index in [0.717, 1.165) is 24.8 Å². The summed E-state index contributed by atoms with van der Waals surface area (Å²) < 4.78 is 47.8. The molecule has 0 saturated heterocycles. The molecule has 1 saturated carbocycles. The number of hydrogen-bond acceptors (Lipinski definition) is 5. The Kier molecular flexibility index (Phi) is 5.05.